The molecule has 2 nitrogen and oxygen atoms in total. The predicted octanol–water partition coefficient (Wildman–Crippen LogP) is 6.40. The summed E-state index contributed by atoms with van der Waals surface area (Å²) in [4.78, 5) is 4.35. The maximum absolute atomic E-state index is 4.35. The molecular weight excluding hydrogens is 340 g/mol. The van der Waals surface area contributed by atoms with Crippen molar-refractivity contribution in [3.8, 4) is 0 Å². The van der Waals surface area contributed by atoms with Crippen LogP contribution in [0.5, 0.6) is 0 Å². The lowest BCUT2D eigenvalue weighted by atomic mass is 9.85. The highest BCUT2D eigenvalue weighted by atomic mass is 14.9. The number of para-hydroxylation sites is 1. The molecule has 1 N–H and O–H groups in total. The second-order valence-electron chi connectivity index (χ2n) is 6.86. The number of hydrogen-bond acceptors (Lipinski definition) is 2. The van der Waals surface area contributed by atoms with Crippen LogP contribution in [0.2, 0.25) is 0 Å². The van der Waals surface area contributed by atoms with Crippen LogP contribution in [-0.4, -0.2) is 4.98 Å². The van der Waals surface area contributed by atoms with Gasteiger partial charge in [-0.2, -0.15) is 0 Å². The van der Waals surface area contributed by atoms with Gasteiger partial charge in [-0.05, 0) is 35.8 Å². The van der Waals surface area contributed by atoms with E-state index in [0.29, 0.717) is 0 Å². The number of aryl methyl sites for hydroxylation is 1. The van der Waals surface area contributed by atoms with Crippen molar-refractivity contribution in [2.75, 3.05) is 5.32 Å². The fraction of sp³-hybridized carbons (Fsp3) is 0.0385. The average Bonchev–Trinajstić information content (AvgIpc) is 2.72. The van der Waals surface area contributed by atoms with E-state index in [0.717, 1.165) is 50.5 Å². The number of hydrogen-bond donors (Lipinski definition) is 1. The summed E-state index contributed by atoms with van der Waals surface area (Å²) in [5.74, 6) is 0. The van der Waals surface area contributed by atoms with E-state index >= 15 is 0 Å². The van der Waals surface area contributed by atoms with Gasteiger partial charge in [0.1, 0.15) is 0 Å². The van der Waals surface area contributed by atoms with Crippen LogP contribution >= 0.6 is 0 Å². The molecule has 0 amide bonds. The standard InChI is InChI=1S/C26H22N2/c1-18(13-15-21-16-14-19(2)27-17-21)25-20(3)28-24-12-8-7-11-23(24)26(25)22-9-5-4-6-10-22/h4-17,28H,1,3H2,2H3/b15-13+. The first-order valence-corrected chi connectivity index (χ1v) is 9.29. The number of nitrogens with zero attached hydrogens (tertiary/aromatic N) is 1. The van der Waals surface area contributed by atoms with Gasteiger partial charge in [0.25, 0.3) is 0 Å². The molecule has 28 heavy (non-hydrogen) atoms. The summed E-state index contributed by atoms with van der Waals surface area (Å²) >= 11 is 0. The largest absolute Gasteiger partial charge is 0.355 e. The number of fused-ring (bicyclic) bond motifs is 1. The molecule has 136 valence electrons. The van der Waals surface area contributed by atoms with Crippen LogP contribution in [0.15, 0.2) is 109 Å². The van der Waals surface area contributed by atoms with Gasteiger partial charge < -0.3 is 5.32 Å². The normalized spacial score (nSPS) is 13.4. The molecule has 4 rings (SSSR count). The molecule has 0 unspecified atom stereocenters. The lowest BCUT2D eigenvalue weighted by molar-refractivity contribution is 1.19. The summed E-state index contributed by atoms with van der Waals surface area (Å²) in [5, 5.41) is 3.44. The number of allylic oxidation sites excluding steroid dienone is 2. The highest BCUT2D eigenvalue weighted by Gasteiger charge is 2.23. The van der Waals surface area contributed by atoms with Crippen LogP contribution in [0.25, 0.3) is 11.6 Å². The van der Waals surface area contributed by atoms with Crippen LogP contribution in [-0.2, 0) is 0 Å². The van der Waals surface area contributed by atoms with Crippen molar-refractivity contribution in [2.45, 2.75) is 6.92 Å². The third-order valence-electron chi connectivity index (χ3n) is 4.83. The molecule has 0 atom stereocenters. The van der Waals surface area contributed by atoms with Crippen LogP contribution in [0.1, 0.15) is 22.4 Å². The maximum Gasteiger partial charge on any atom is 0.0464 e. The summed E-state index contributed by atoms with van der Waals surface area (Å²) in [6.45, 7) is 10.6. The van der Waals surface area contributed by atoms with Crippen molar-refractivity contribution in [3.63, 3.8) is 0 Å². The van der Waals surface area contributed by atoms with Gasteiger partial charge in [0.2, 0.25) is 0 Å². The first-order chi connectivity index (χ1) is 13.6. The Morgan fingerprint density at radius 2 is 1.71 bits per heavy atom. The Morgan fingerprint density at radius 1 is 0.964 bits per heavy atom. The second kappa shape index (κ2) is 7.53. The Hall–Kier alpha value is -3.65. The minimum Gasteiger partial charge on any atom is -0.355 e. The molecule has 2 heterocycles. The summed E-state index contributed by atoms with van der Waals surface area (Å²) in [5.41, 5.74) is 9.37. The van der Waals surface area contributed by atoms with E-state index in [-0.39, 0.29) is 0 Å². The molecule has 0 spiro atoms. The van der Waals surface area contributed by atoms with Gasteiger partial charge in [0, 0.05) is 40.0 Å². The second-order valence-corrected chi connectivity index (χ2v) is 6.86. The van der Waals surface area contributed by atoms with Crippen LogP contribution in [0.4, 0.5) is 5.69 Å². The number of benzene rings is 2. The van der Waals surface area contributed by atoms with Gasteiger partial charge in [0.05, 0.1) is 0 Å². The SMILES string of the molecule is C=C(/C=C/c1ccc(C)nc1)C1=C(c2ccccc2)c2ccccc2NC1=C. The Balaban J connectivity index is 1.82. The minimum atomic E-state index is 0.856. The van der Waals surface area contributed by atoms with E-state index < -0.39 is 0 Å². The molecule has 1 aliphatic rings. The van der Waals surface area contributed by atoms with Crippen molar-refractivity contribution in [2.24, 2.45) is 0 Å². The topological polar surface area (TPSA) is 24.9 Å². The van der Waals surface area contributed by atoms with E-state index in [9.17, 15) is 0 Å². The van der Waals surface area contributed by atoms with Crippen molar-refractivity contribution in [3.05, 3.63) is 131 Å². The quantitative estimate of drug-likeness (QED) is 0.543. The zero-order valence-corrected chi connectivity index (χ0v) is 15.9. The average molecular weight is 362 g/mol. The first-order valence-electron chi connectivity index (χ1n) is 9.29. The lowest BCUT2D eigenvalue weighted by Crippen LogP contribution is -2.13. The van der Waals surface area contributed by atoms with Gasteiger partial charge >= 0.3 is 0 Å². The molecule has 1 aromatic heterocycles. The third-order valence-corrected chi connectivity index (χ3v) is 4.83. The molecule has 0 aliphatic carbocycles. The molecular formula is C26H22N2. The number of pyridine rings is 1. The number of rotatable bonds is 4. The maximum atomic E-state index is 4.35. The number of aromatic nitrogens is 1. The van der Waals surface area contributed by atoms with Gasteiger partial charge in [-0.1, -0.05) is 79.9 Å². The molecule has 0 saturated carbocycles. The summed E-state index contributed by atoms with van der Waals surface area (Å²) in [6, 6.07) is 22.8. The van der Waals surface area contributed by atoms with E-state index in [4.69, 9.17) is 0 Å². The molecule has 2 heteroatoms. The Labute approximate surface area is 166 Å². The zero-order valence-electron chi connectivity index (χ0n) is 15.9. The van der Waals surface area contributed by atoms with Crippen LogP contribution in [0.3, 0.4) is 0 Å². The van der Waals surface area contributed by atoms with Crippen molar-refractivity contribution in [1.29, 1.82) is 0 Å². The summed E-state index contributed by atoms with van der Waals surface area (Å²) in [6.07, 6.45) is 5.94. The number of nitrogens with one attached hydrogen (secondary N) is 1. The molecule has 1 aliphatic heterocycles. The minimum absolute atomic E-state index is 0.856. The first kappa shape index (κ1) is 17.7. The Bertz CT molecular complexity index is 1100. The smallest absolute Gasteiger partial charge is 0.0464 e. The van der Waals surface area contributed by atoms with Gasteiger partial charge in [-0.15, -0.1) is 0 Å². The molecule has 3 aromatic rings. The van der Waals surface area contributed by atoms with Gasteiger partial charge in [-0.25, -0.2) is 0 Å². The van der Waals surface area contributed by atoms with E-state index in [1.807, 2.05) is 43.5 Å². The highest BCUT2D eigenvalue weighted by molar-refractivity contribution is 5.96. The number of anilines is 1. The fourth-order valence-corrected chi connectivity index (χ4v) is 3.44. The fourth-order valence-electron chi connectivity index (χ4n) is 3.44. The van der Waals surface area contributed by atoms with Crippen LogP contribution in [0, 0.1) is 6.92 Å². The van der Waals surface area contributed by atoms with Crippen molar-refractivity contribution >= 4 is 17.3 Å². The van der Waals surface area contributed by atoms with E-state index in [1.165, 1.54) is 0 Å². The van der Waals surface area contributed by atoms with Crippen molar-refractivity contribution in [1.82, 2.24) is 4.98 Å². The summed E-state index contributed by atoms with van der Waals surface area (Å²) in [7, 11) is 0. The van der Waals surface area contributed by atoms with Gasteiger partial charge in [0.15, 0.2) is 0 Å². The van der Waals surface area contributed by atoms with Crippen LogP contribution < -0.4 is 5.32 Å². The summed E-state index contributed by atoms with van der Waals surface area (Å²) < 4.78 is 0. The van der Waals surface area contributed by atoms with Crippen molar-refractivity contribution < 1.29 is 0 Å². The molecule has 2 aromatic carbocycles. The Kier molecular flexibility index (Phi) is 4.77. The Morgan fingerprint density at radius 3 is 2.46 bits per heavy atom. The molecule has 0 radical (unpaired) electrons. The monoisotopic (exact) mass is 362 g/mol. The third kappa shape index (κ3) is 3.45. The zero-order chi connectivity index (χ0) is 19.5. The predicted molar refractivity (Wildman–Crippen MR) is 119 cm³/mol. The van der Waals surface area contributed by atoms with Gasteiger partial charge in [-0.3, -0.25) is 4.98 Å². The molecule has 0 saturated heterocycles. The highest BCUT2D eigenvalue weighted by Crippen LogP contribution is 2.41. The lowest BCUT2D eigenvalue weighted by Gasteiger charge is -2.27. The van der Waals surface area contributed by atoms with E-state index in [1.54, 1.807) is 0 Å². The molecule has 0 fully saturated rings. The molecule has 0 bridgehead atoms. The van der Waals surface area contributed by atoms with E-state index in [2.05, 4.69) is 72.0 Å².